The number of aryl methyl sites for hydroxylation is 2. The van der Waals surface area contributed by atoms with Crippen molar-refractivity contribution in [1.82, 2.24) is 14.7 Å². The summed E-state index contributed by atoms with van der Waals surface area (Å²) in [7, 11) is 0. The van der Waals surface area contributed by atoms with Crippen LogP contribution in [0.3, 0.4) is 0 Å². The zero-order valence-corrected chi connectivity index (χ0v) is 20.2. The van der Waals surface area contributed by atoms with Crippen molar-refractivity contribution >= 4 is 45.1 Å². The van der Waals surface area contributed by atoms with Crippen molar-refractivity contribution in [2.24, 2.45) is 5.92 Å². The first-order valence-corrected chi connectivity index (χ1v) is 12.6. The van der Waals surface area contributed by atoms with Crippen molar-refractivity contribution < 1.29 is 13.7 Å². The molecule has 2 atom stereocenters. The van der Waals surface area contributed by atoms with Crippen LogP contribution in [-0.4, -0.2) is 25.9 Å². The number of thiophene rings is 1. The van der Waals surface area contributed by atoms with Crippen LogP contribution in [0.1, 0.15) is 42.2 Å². The van der Waals surface area contributed by atoms with Gasteiger partial charge in [0.2, 0.25) is 11.8 Å². The minimum Gasteiger partial charge on any atom is -0.467 e. The topological polar surface area (TPSA) is 103 Å². The van der Waals surface area contributed by atoms with E-state index in [1.54, 1.807) is 48.1 Å². The molecule has 2 unspecified atom stereocenters. The molecule has 10 heteroatoms. The first kappa shape index (κ1) is 22.0. The molecule has 0 bridgehead atoms. The molecule has 33 heavy (non-hydrogen) atoms. The molecule has 4 heterocycles. The quantitative estimate of drug-likeness (QED) is 0.314. The van der Waals surface area contributed by atoms with Crippen molar-refractivity contribution in [2.45, 2.75) is 57.0 Å². The third-order valence-corrected chi connectivity index (χ3v) is 8.04. The molecule has 172 valence electrons. The molecule has 5 rings (SSSR count). The van der Waals surface area contributed by atoms with Gasteiger partial charge in [-0.05, 0) is 56.7 Å². The molecule has 0 saturated carbocycles. The fourth-order valence-electron chi connectivity index (χ4n) is 4.05. The molecule has 8 nitrogen and oxygen atoms in total. The maximum atomic E-state index is 13.7. The number of nitrogens with zero attached hydrogens (tertiary/aromatic N) is 3. The molecule has 0 fully saturated rings. The minimum atomic E-state index is -0.516. The molecule has 0 spiro atoms. The van der Waals surface area contributed by atoms with Crippen molar-refractivity contribution in [2.75, 3.05) is 5.32 Å². The molecule has 0 radical (unpaired) electrons. The second-order valence-corrected chi connectivity index (χ2v) is 10.9. The van der Waals surface area contributed by atoms with Gasteiger partial charge in [0.15, 0.2) is 5.16 Å². The molecular formula is C23H24N4O4S2. The first-order chi connectivity index (χ1) is 15.9. The van der Waals surface area contributed by atoms with E-state index < -0.39 is 5.25 Å². The van der Waals surface area contributed by atoms with Crippen LogP contribution in [0.4, 0.5) is 5.88 Å². The highest BCUT2D eigenvalue weighted by Gasteiger charge is 2.26. The van der Waals surface area contributed by atoms with E-state index in [9.17, 15) is 9.59 Å². The molecule has 4 aromatic rings. The number of carbonyl (C=O) groups excluding carboxylic acids is 1. The summed E-state index contributed by atoms with van der Waals surface area (Å²) in [6, 6.07) is 5.28. The van der Waals surface area contributed by atoms with E-state index >= 15 is 0 Å². The maximum absolute atomic E-state index is 13.7. The number of rotatable bonds is 6. The number of amides is 1. The monoisotopic (exact) mass is 484 g/mol. The number of nitrogens with one attached hydrogen (secondary N) is 1. The number of hydrogen-bond donors (Lipinski definition) is 1. The highest BCUT2D eigenvalue weighted by Crippen LogP contribution is 2.37. The Hall–Kier alpha value is -2.85. The second-order valence-electron chi connectivity index (χ2n) is 8.48. The SMILES string of the molecule is Cc1cc(NC(=O)C(C)Sc2nc3sc4c(c3c(=O)n2Cc2ccco2)CCC(C)C4)on1. The Morgan fingerprint density at radius 2 is 2.30 bits per heavy atom. The highest BCUT2D eigenvalue weighted by molar-refractivity contribution is 8.00. The third kappa shape index (κ3) is 4.37. The van der Waals surface area contributed by atoms with E-state index in [0.29, 0.717) is 33.8 Å². The van der Waals surface area contributed by atoms with Gasteiger partial charge >= 0.3 is 0 Å². The predicted octanol–water partition coefficient (Wildman–Crippen LogP) is 4.64. The average Bonchev–Trinajstić information content (AvgIpc) is 3.50. The van der Waals surface area contributed by atoms with Gasteiger partial charge in [-0.2, -0.15) is 0 Å². The highest BCUT2D eigenvalue weighted by atomic mass is 32.2. The van der Waals surface area contributed by atoms with Gasteiger partial charge in [-0.3, -0.25) is 19.5 Å². The van der Waals surface area contributed by atoms with Gasteiger partial charge in [0, 0.05) is 10.9 Å². The van der Waals surface area contributed by atoms with E-state index in [-0.39, 0.29) is 18.0 Å². The summed E-state index contributed by atoms with van der Waals surface area (Å²) in [5, 5.41) is 7.20. The van der Waals surface area contributed by atoms with E-state index in [2.05, 4.69) is 17.4 Å². The Balaban J connectivity index is 1.52. The summed E-state index contributed by atoms with van der Waals surface area (Å²) in [4.78, 5) is 33.3. The van der Waals surface area contributed by atoms with Gasteiger partial charge in [0.05, 0.1) is 29.1 Å². The van der Waals surface area contributed by atoms with E-state index in [1.807, 2.05) is 6.07 Å². The molecule has 0 saturated heterocycles. The number of carbonyl (C=O) groups is 1. The minimum absolute atomic E-state index is 0.0792. The number of hydrogen-bond acceptors (Lipinski definition) is 8. The summed E-state index contributed by atoms with van der Waals surface area (Å²) in [5.41, 5.74) is 1.74. The maximum Gasteiger partial charge on any atom is 0.263 e. The Bertz CT molecular complexity index is 1370. The van der Waals surface area contributed by atoms with Crippen LogP contribution < -0.4 is 10.9 Å². The van der Waals surface area contributed by atoms with Gasteiger partial charge in [-0.15, -0.1) is 11.3 Å². The normalized spacial score (nSPS) is 16.6. The zero-order chi connectivity index (χ0) is 23.1. The summed E-state index contributed by atoms with van der Waals surface area (Å²) in [6.07, 6.45) is 4.54. The van der Waals surface area contributed by atoms with Crippen LogP contribution in [-0.2, 0) is 24.2 Å². The smallest absolute Gasteiger partial charge is 0.263 e. The van der Waals surface area contributed by atoms with Crippen molar-refractivity contribution in [3.63, 3.8) is 0 Å². The Morgan fingerprint density at radius 1 is 1.45 bits per heavy atom. The molecule has 1 aliphatic carbocycles. The van der Waals surface area contributed by atoms with Gasteiger partial charge in [0.25, 0.3) is 5.56 Å². The Kier molecular flexibility index (Phi) is 5.88. The summed E-state index contributed by atoms with van der Waals surface area (Å²) in [6.45, 7) is 6.06. The van der Waals surface area contributed by atoms with Crippen molar-refractivity contribution in [1.29, 1.82) is 0 Å². The van der Waals surface area contributed by atoms with E-state index in [0.717, 1.165) is 29.7 Å². The average molecular weight is 485 g/mol. The molecule has 1 aliphatic rings. The van der Waals surface area contributed by atoms with Gasteiger partial charge < -0.3 is 8.94 Å². The van der Waals surface area contributed by atoms with Gasteiger partial charge in [-0.25, -0.2) is 4.98 Å². The fourth-order valence-corrected chi connectivity index (χ4v) is 6.38. The largest absolute Gasteiger partial charge is 0.467 e. The second kappa shape index (κ2) is 8.83. The van der Waals surface area contributed by atoms with Crippen LogP contribution in [0, 0.1) is 12.8 Å². The predicted molar refractivity (Wildman–Crippen MR) is 128 cm³/mol. The van der Waals surface area contributed by atoms with Crippen LogP contribution in [0.15, 0.2) is 43.4 Å². The molecule has 0 aromatic carbocycles. The van der Waals surface area contributed by atoms with Crippen LogP contribution in [0.2, 0.25) is 0 Å². The van der Waals surface area contributed by atoms with Gasteiger partial charge in [0.1, 0.15) is 10.6 Å². The number of fused-ring (bicyclic) bond motifs is 3. The van der Waals surface area contributed by atoms with Gasteiger partial charge in [-0.1, -0.05) is 23.8 Å². The summed E-state index contributed by atoms with van der Waals surface area (Å²) < 4.78 is 12.2. The third-order valence-electron chi connectivity index (χ3n) is 5.80. The van der Waals surface area contributed by atoms with Crippen LogP contribution in [0.25, 0.3) is 10.2 Å². The zero-order valence-electron chi connectivity index (χ0n) is 18.6. The lowest BCUT2D eigenvalue weighted by molar-refractivity contribution is -0.115. The van der Waals surface area contributed by atoms with E-state index in [1.165, 1.54) is 16.6 Å². The fraction of sp³-hybridized carbons (Fsp3) is 0.391. The number of aromatic nitrogens is 3. The summed E-state index contributed by atoms with van der Waals surface area (Å²) >= 11 is 2.85. The summed E-state index contributed by atoms with van der Waals surface area (Å²) in [5.74, 6) is 1.30. The van der Waals surface area contributed by atoms with E-state index in [4.69, 9.17) is 13.9 Å². The van der Waals surface area contributed by atoms with Crippen LogP contribution >= 0.6 is 23.1 Å². The molecule has 1 amide bonds. The molecule has 4 aromatic heterocycles. The Labute approximate surface area is 198 Å². The number of anilines is 1. The lowest BCUT2D eigenvalue weighted by atomic mass is 9.89. The lowest BCUT2D eigenvalue weighted by Gasteiger charge is -2.18. The van der Waals surface area contributed by atoms with Crippen molar-refractivity contribution in [3.8, 4) is 0 Å². The van der Waals surface area contributed by atoms with Crippen molar-refractivity contribution in [3.05, 3.63) is 56.7 Å². The Morgan fingerprint density at radius 3 is 3.03 bits per heavy atom. The number of thioether (sulfide) groups is 1. The number of furan rings is 1. The van der Waals surface area contributed by atoms with Crippen LogP contribution in [0.5, 0.6) is 0 Å². The standard InChI is InChI=1S/C23H24N4O4S2/c1-12-6-7-16-17(9-12)33-21-19(16)22(29)27(11-15-5-4-8-30-15)23(25-21)32-14(3)20(28)24-18-10-13(2)26-31-18/h4-5,8,10,12,14H,6-7,9,11H2,1-3H3,(H,24,28). The molecule has 0 aliphatic heterocycles. The first-order valence-electron chi connectivity index (χ1n) is 10.9. The molecular weight excluding hydrogens is 460 g/mol. The molecule has 1 N–H and O–H groups in total. The lowest BCUT2D eigenvalue weighted by Crippen LogP contribution is -2.27.